The van der Waals surface area contributed by atoms with E-state index in [1.807, 2.05) is 4.57 Å². The highest BCUT2D eigenvalue weighted by molar-refractivity contribution is 7.91. The van der Waals surface area contributed by atoms with Crippen LogP contribution in [0.4, 0.5) is 0 Å². The summed E-state index contributed by atoms with van der Waals surface area (Å²) in [4.78, 5) is 6.68. The SMILES string of the molecule is COCCCn1c(CN(C)CC2CCOCC2)cnc1S(=O)(=O)C1CCCC1. The van der Waals surface area contributed by atoms with Crippen molar-refractivity contribution in [2.24, 2.45) is 5.92 Å². The molecule has 1 aliphatic carbocycles. The topological polar surface area (TPSA) is 73.7 Å². The van der Waals surface area contributed by atoms with Crippen molar-refractivity contribution >= 4 is 9.84 Å². The third-order valence-electron chi connectivity index (χ3n) is 5.97. The Bertz CT molecular complexity index is 707. The van der Waals surface area contributed by atoms with E-state index in [2.05, 4.69) is 16.9 Å². The van der Waals surface area contributed by atoms with Crippen LogP contribution in [0, 0.1) is 5.92 Å². The lowest BCUT2D eigenvalue weighted by Crippen LogP contribution is -2.30. The maximum Gasteiger partial charge on any atom is 0.228 e. The molecule has 7 nitrogen and oxygen atoms in total. The summed E-state index contributed by atoms with van der Waals surface area (Å²) in [6.45, 7) is 4.62. The van der Waals surface area contributed by atoms with Crippen LogP contribution in [0.5, 0.6) is 0 Å². The zero-order valence-corrected chi connectivity index (χ0v) is 18.1. The lowest BCUT2D eigenvalue weighted by atomic mass is 10.00. The smallest absolute Gasteiger partial charge is 0.228 e. The van der Waals surface area contributed by atoms with Crippen molar-refractivity contribution in [1.29, 1.82) is 0 Å². The zero-order chi connectivity index (χ0) is 20.0. The summed E-state index contributed by atoms with van der Waals surface area (Å²) in [5.74, 6) is 0.644. The fraction of sp³-hybridized carbons (Fsp3) is 0.850. The number of sulfone groups is 1. The van der Waals surface area contributed by atoms with Crippen LogP contribution in [-0.2, 0) is 32.4 Å². The maximum absolute atomic E-state index is 13.2. The number of hydrogen-bond donors (Lipinski definition) is 0. The van der Waals surface area contributed by atoms with Gasteiger partial charge in [0.1, 0.15) is 0 Å². The van der Waals surface area contributed by atoms with Crippen LogP contribution in [-0.4, -0.2) is 68.6 Å². The highest BCUT2D eigenvalue weighted by atomic mass is 32.2. The average molecular weight is 414 g/mol. The van der Waals surface area contributed by atoms with Crippen LogP contribution in [0.1, 0.15) is 50.6 Å². The Balaban J connectivity index is 1.74. The summed E-state index contributed by atoms with van der Waals surface area (Å²) in [5, 5.41) is -0.0196. The van der Waals surface area contributed by atoms with Gasteiger partial charge in [0.05, 0.1) is 17.1 Å². The first-order chi connectivity index (χ1) is 13.5. The van der Waals surface area contributed by atoms with Gasteiger partial charge in [-0.2, -0.15) is 0 Å². The number of nitrogens with zero attached hydrogens (tertiary/aromatic N) is 3. The molecule has 0 amide bonds. The standard InChI is InChI=1S/C20H35N3O4S/c1-22(15-17-8-12-27-13-9-17)16-18-14-21-20(23(18)10-5-11-26-2)28(24,25)19-6-3-4-7-19/h14,17,19H,3-13,15-16H2,1-2H3. The molecule has 1 saturated carbocycles. The van der Waals surface area contributed by atoms with Gasteiger partial charge in [0.25, 0.3) is 0 Å². The van der Waals surface area contributed by atoms with Gasteiger partial charge in [0.15, 0.2) is 0 Å². The molecule has 2 aliphatic rings. The van der Waals surface area contributed by atoms with Crippen molar-refractivity contribution in [1.82, 2.24) is 14.5 Å². The number of ether oxygens (including phenoxy) is 2. The van der Waals surface area contributed by atoms with Crippen molar-refractivity contribution in [3.63, 3.8) is 0 Å². The molecule has 0 aromatic carbocycles. The summed E-state index contributed by atoms with van der Waals surface area (Å²) in [6, 6.07) is 0. The third kappa shape index (κ3) is 5.34. The fourth-order valence-electron chi connectivity index (χ4n) is 4.41. The van der Waals surface area contributed by atoms with E-state index in [-0.39, 0.29) is 10.4 Å². The van der Waals surface area contributed by atoms with Gasteiger partial charge in [0, 0.05) is 46.6 Å². The molecule has 160 valence electrons. The molecule has 1 aromatic heterocycles. The molecule has 0 unspecified atom stereocenters. The van der Waals surface area contributed by atoms with Crippen molar-refractivity contribution in [3.05, 3.63) is 11.9 Å². The molecular weight excluding hydrogens is 378 g/mol. The Labute approximate surface area is 169 Å². The maximum atomic E-state index is 13.2. The lowest BCUT2D eigenvalue weighted by Gasteiger charge is -2.27. The molecule has 2 heterocycles. The summed E-state index contributed by atoms with van der Waals surface area (Å²) in [7, 11) is 0.405. The van der Waals surface area contributed by atoms with Gasteiger partial charge < -0.3 is 18.9 Å². The second kappa shape index (κ2) is 10.2. The predicted molar refractivity (Wildman–Crippen MR) is 108 cm³/mol. The molecule has 8 heteroatoms. The van der Waals surface area contributed by atoms with Gasteiger partial charge in [-0.15, -0.1) is 0 Å². The number of rotatable bonds is 10. The summed E-state index contributed by atoms with van der Waals surface area (Å²) in [6.07, 6.45) is 8.23. The average Bonchev–Trinajstić information content (AvgIpc) is 3.34. The molecule has 28 heavy (non-hydrogen) atoms. The quantitative estimate of drug-likeness (QED) is 0.549. The Morgan fingerprint density at radius 1 is 1.25 bits per heavy atom. The Morgan fingerprint density at radius 2 is 1.96 bits per heavy atom. The second-order valence-electron chi connectivity index (χ2n) is 8.23. The van der Waals surface area contributed by atoms with E-state index in [1.54, 1.807) is 13.3 Å². The minimum absolute atomic E-state index is 0.255. The van der Waals surface area contributed by atoms with E-state index in [4.69, 9.17) is 9.47 Å². The van der Waals surface area contributed by atoms with Gasteiger partial charge >= 0.3 is 0 Å². The van der Waals surface area contributed by atoms with E-state index in [0.717, 1.165) is 70.4 Å². The molecule has 0 N–H and O–H groups in total. The van der Waals surface area contributed by atoms with Crippen LogP contribution in [0.15, 0.2) is 11.4 Å². The first kappa shape index (κ1) is 21.7. The Hall–Kier alpha value is -0.960. The van der Waals surface area contributed by atoms with Crippen molar-refractivity contribution in [2.75, 3.05) is 40.5 Å². The normalized spacial score (nSPS) is 19.7. The van der Waals surface area contributed by atoms with Crippen LogP contribution in [0.2, 0.25) is 0 Å². The first-order valence-electron chi connectivity index (χ1n) is 10.6. The van der Waals surface area contributed by atoms with E-state index in [9.17, 15) is 8.42 Å². The minimum Gasteiger partial charge on any atom is -0.385 e. The van der Waals surface area contributed by atoms with E-state index in [0.29, 0.717) is 25.6 Å². The molecule has 1 aliphatic heterocycles. The third-order valence-corrected chi connectivity index (χ3v) is 8.15. The first-order valence-corrected chi connectivity index (χ1v) is 12.1. The van der Waals surface area contributed by atoms with E-state index < -0.39 is 9.84 Å². The largest absolute Gasteiger partial charge is 0.385 e. The van der Waals surface area contributed by atoms with Crippen LogP contribution >= 0.6 is 0 Å². The van der Waals surface area contributed by atoms with Crippen LogP contribution in [0.25, 0.3) is 0 Å². The zero-order valence-electron chi connectivity index (χ0n) is 17.3. The van der Waals surface area contributed by atoms with Gasteiger partial charge in [-0.25, -0.2) is 13.4 Å². The summed E-state index contributed by atoms with van der Waals surface area (Å²) >= 11 is 0. The highest BCUT2D eigenvalue weighted by Gasteiger charge is 2.34. The minimum atomic E-state index is -3.37. The van der Waals surface area contributed by atoms with Gasteiger partial charge in [-0.3, -0.25) is 0 Å². The van der Waals surface area contributed by atoms with Crippen molar-refractivity contribution < 1.29 is 17.9 Å². The van der Waals surface area contributed by atoms with E-state index >= 15 is 0 Å². The number of methoxy groups -OCH3 is 1. The van der Waals surface area contributed by atoms with Gasteiger partial charge in [-0.1, -0.05) is 12.8 Å². The van der Waals surface area contributed by atoms with Crippen LogP contribution < -0.4 is 0 Å². The summed E-state index contributed by atoms with van der Waals surface area (Å²) < 4.78 is 38.9. The molecule has 3 rings (SSSR count). The number of imidazole rings is 1. The highest BCUT2D eigenvalue weighted by Crippen LogP contribution is 2.30. The predicted octanol–water partition coefficient (Wildman–Crippen LogP) is 2.49. The summed E-state index contributed by atoms with van der Waals surface area (Å²) in [5.41, 5.74) is 0.974. The molecule has 1 aromatic rings. The molecule has 0 bridgehead atoms. The van der Waals surface area contributed by atoms with E-state index in [1.165, 1.54) is 0 Å². The van der Waals surface area contributed by atoms with Gasteiger partial charge in [-0.05, 0) is 45.1 Å². The molecule has 0 spiro atoms. The Kier molecular flexibility index (Phi) is 7.91. The van der Waals surface area contributed by atoms with Crippen molar-refractivity contribution in [2.45, 2.75) is 68.4 Å². The van der Waals surface area contributed by atoms with Crippen molar-refractivity contribution in [3.8, 4) is 0 Å². The molecular formula is C20H35N3O4S. The lowest BCUT2D eigenvalue weighted by molar-refractivity contribution is 0.0547. The molecule has 1 saturated heterocycles. The fourth-order valence-corrected chi connectivity index (χ4v) is 6.38. The molecule has 2 fully saturated rings. The Morgan fingerprint density at radius 3 is 2.64 bits per heavy atom. The monoisotopic (exact) mass is 413 g/mol. The van der Waals surface area contributed by atoms with Crippen LogP contribution in [0.3, 0.4) is 0 Å². The second-order valence-corrected chi connectivity index (χ2v) is 10.4. The number of hydrogen-bond acceptors (Lipinski definition) is 6. The molecule has 0 radical (unpaired) electrons. The van der Waals surface area contributed by atoms with Gasteiger partial charge in [0.2, 0.25) is 15.0 Å². The molecule has 0 atom stereocenters. The number of aromatic nitrogens is 2.